The predicted octanol–water partition coefficient (Wildman–Crippen LogP) is 3.46. The van der Waals surface area contributed by atoms with Crippen LogP contribution in [0.3, 0.4) is 0 Å². The summed E-state index contributed by atoms with van der Waals surface area (Å²) >= 11 is 0. The molecule has 0 aliphatic heterocycles. The van der Waals surface area contributed by atoms with E-state index in [9.17, 15) is 15.0 Å². The van der Waals surface area contributed by atoms with Gasteiger partial charge in [-0.05, 0) is 22.8 Å². The van der Waals surface area contributed by atoms with E-state index in [1.165, 1.54) is 7.11 Å². The lowest BCUT2D eigenvalue weighted by Gasteiger charge is -2.12. The normalized spacial score (nSPS) is 14.2. The van der Waals surface area contributed by atoms with Crippen LogP contribution in [-0.4, -0.2) is 35.5 Å². The van der Waals surface area contributed by atoms with Crippen LogP contribution >= 0.6 is 0 Å². The van der Waals surface area contributed by atoms with Crippen LogP contribution in [-0.2, 0) is 9.53 Å². The zero-order chi connectivity index (χ0) is 18.8. The largest absolute Gasteiger partial charge is 0.469 e. The maximum Gasteiger partial charge on any atom is 0.308 e. The highest BCUT2D eigenvalue weighted by Crippen LogP contribution is 2.20. The first-order valence-electron chi connectivity index (χ1n) is 8.52. The van der Waals surface area contributed by atoms with E-state index in [-0.39, 0.29) is 12.8 Å². The van der Waals surface area contributed by atoms with Gasteiger partial charge in [0.05, 0.1) is 25.7 Å². The second-order valence-corrected chi connectivity index (χ2v) is 5.97. The van der Waals surface area contributed by atoms with Crippen LogP contribution in [0.15, 0.2) is 72.8 Å². The van der Waals surface area contributed by atoms with E-state index in [1.807, 2.05) is 72.8 Å². The van der Waals surface area contributed by atoms with Crippen LogP contribution in [0.2, 0.25) is 0 Å². The van der Waals surface area contributed by atoms with Crippen molar-refractivity contribution >= 4 is 17.6 Å². The van der Waals surface area contributed by atoms with E-state index in [4.69, 9.17) is 0 Å². The second kappa shape index (κ2) is 10.3. The molecule has 0 bridgehead atoms. The van der Waals surface area contributed by atoms with Gasteiger partial charge in [-0.25, -0.2) is 0 Å². The molecule has 0 saturated carbocycles. The van der Waals surface area contributed by atoms with Gasteiger partial charge in [0, 0.05) is 6.42 Å². The van der Waals surface area contributed by atoms with Crippen molar-refractivity contribution in [2.45, 2.75) is 25.0 Å². The summed E-state index contributed by atoms with van der Waals surface area (Å²) in [6, 6.07) is 19.8. The summed E-state index contributed by atoms with van der Waals surface area (Å²) in [6.45, 7) is 0. The molecule has 0 aliphatic rings. The van der Waals surface area contributed by atoms with E-state index in [0.717, 1.165) is 16.7 Å². The number of aliphatic hydroxyl groups is 2. The van der Waals surface area contributed by atoms with Crippen LogP contribution < -0.4 is 0 Å². The van der Waals surface area contributed by atoms with Gasteiger partial charge in [-0.2, -0.15) is 0 Å². The summed E-state index contributed by atoms with van der Waals surface area (Å²) in [7, 11) is 1.27. The fraction of sp³-hybridized carbons (Fsp3) is 0.227. The molecule has 0 radical (unpaired) electrons. The van der Waals surface area contributed by atoms with E-state index in [0.29, 0.717) is 0 Å². The summed E-state index contributed by atoms with van der Waals surface area (Å²) in [5.41, 5.74) is 3.02. The maximum atomic E-state index is 11.2. The molecule has 26 heavy (non-hydrogen) atoms. The van der Waals surface area contributed by atoms with Gasteiger partial charge >= 0.3 is 5.97 Å². The number of methoxy groups -OCH3 is 1. The summed E-state index contributed by atoms with van der Waals surface area (Å²) in [5.74, 6) is -0.498. The van der Waals surface area contributed by atoms with Crippen LogP contribution in [0.1, 0.15) is 24.0 Å². The lowest BCUT2D eigenvalue weighted by molar-refractivity contribution is -0.143. The molecule has 0 unspecified atom stereocenters. The quantitative estimate of drug-likeness (QED) is 0.434. The van der Waals surface area contributed by atoms with Crippen molar-refractivity contribution in [2.24, 2.45) is 0 Å². The Bertz CT molecular complexity index is 735. The number of carbonyl (C=O) groups is 1. The van der Waals surface area contributed by atoms with Gasteiger partial charge in [-0.3, -0.25) is 4.79 Å². The van der Waals surface area contributed by atoms with Crippen molar-refractivity contribution in [1.29, 1.82) is 0 Å². The highest BCUT2D eigenvalue weighted by Gasteiger charge is 2.14. The molecule has 0 aromatic heterocycles. The van der Waals surface area contributed by atoms with Crippen molar-refractivity contribution in [3.63, 3.8) is 0 Å². The number of hydrogen-bond acceptors (Lipinski definition) is 4. The topological polar surface area (TPSA) is 66.8 Å². The zero-order valence-electron chi connectivity index (χ0n) is 14.8. The number of ether oxygens (including phenoxy) is 1. The Labute approximate surface area is 154 Å². The van der Waals surface area contributed by atoms with E-state index in [1.54, 1.807) is 6.08 Å². The van der Waals surface area contributed by atoms with Crippen molar-refractivity contribution in [3.8, 4) is 0 Å². The van der Waals surface area contributed by atoms with Crippen LogP contribution in [0.5, 0.6) is 0 Å². The number of allylic oxidation sites excluding steroid dienone is 2. The number of rotatable bonds is 8. The Morgan fingerprint density at radius 2 is 1.65 bits per heavy atom. The highest BCUT2D eigenvalue weighted by molar-refractivity contribution is 5.87. The SMILES string of the molecule is COC(=O)C[C@H](O)C[C@H](O)C=CC(=Cc1ccccc1)c1ccccc1. The Morgan fingerprint density at radius 3 is 2.27 bits per heavy atom. The lowest BCUT2D eigenvalue weighted by Crippen LogP contribution is -2.20. The Balaban J connectivity index is 2.12. The first-order valence-corrected chi connectivity index (χ1v) is 8.52. The maximum absolute atomic E-state index is 11.2. The zero-order valence-corrected chi connectivity index (χ0v) is 14.8. The first kappa shape index (κ1) is 19.6. The van der Waals surface area contributed by atoms with Crippen LogP contribution in [0.4, 0.5) is 0 Å². The minimum absolute atomic E-state index is 0.0685. The van der Waals surface area contributed by atoms with E-state index >= 15 is 0 Å². The van der Waals surface area contributed by atoms with Crippen LogP contribution in [0, 0.1) is 0 Å². The standard InChI is InChI=1S/C22H24O4/c1-26-22(25)16-21(24)15-20(23)13-12-19(18-10-6-3-7-11-18)14-17-8-4-2-5-9-17/h2-14,20-21,23-24H,15-16H2,1H3/t20-,21-/m1/s1. The molecule has 2 N–H and O–H groups in total. The molecule has 0 amide bonds. The van der Waals surface area contributed by atoms with Gasteiger partial charge in [0.25, 0.3) is 0 Å². The third-order valence-electron chi connectivity index (χ3n) is 3.87. The minimum Gasteiger partial charge on any atom is -0.469 e. The van der Waals surface area contributed by atoms with Crippen molar-refractivity contribution in [3.05, 3.63) is 83.9 Å². The molecule has 2 atom stereocenters. The third kappa shape index (κ3) is 6.67. The molecule has 0 saturated heterocycles. The Hall–Kier alpha value is -2.69. The number of hydrogen-bond donors (Lipinski definition) is 2. The van der Waals surface area contributed by atoms with E-state index < -0.39 is 18.2 Å². The van der Waals surface area contributed by atoms with Gasteiger partial charge in [0.15, 0.2) is 0 Å². The molecule has 136 valence electrons. The number of benzene rings is 2. The minimum atomic E-state index is -0.944. The predicted molar refractivity (Wildman–Crippen MR) is 103 cm³/mol. The van der Waals surface area contributed by atoms with Crippen molar-refractivity contribution < 1.29 is 19.7 Å². The van der Waals surface area contributed by atoms with E-state index in [2.05, 4.69) is 4.74 Å². The lowest BCUT2D eigenvalue weighted by atomic mass is 10.0. The van der Waals surface area contributed by atoms with Gasteiger partial charge in [-0.15, -0.1) is 0 Å². The monoisotopic (exact) mass is 352 g/mol. The summed E-state index contributed by atoms with van der Waals surface area (Å²) in [5, 5.41) is 20.0. The number of esters is 1. The van der Waals surface area contributed by atoms with Gasteiger partial charge < -0.3 is 14.9 Å². The summed E-state index contributed by atoms with van der Waals surface area (Å²) < 4.78 is 4.52. The molecular weight excluding hydrogens is 328 g/mol. The second-order valence-electron chi connectivity index (χ2n) is 5.97. The molecule has 0 heterocycles. The first-order chi connectivity index (χ1) is 12.6. The smallest absolute Gasteiger partial charge is 0.308 e. The van der Waals surface area contributed by atoms with Gasteiger partial charge in [-0.1, -0.05) is 72.8 Å². The van der Waals surface area contributed by atoms with Crippen molar-refractivity contribution in [1.82, 2.24) is 0 Å². The van der Waals surface area contributed by atoms with Gasteiger partial charge in [0.2, 0.25) is 0 Å². The Kier molecular flexibility index (Phi) is 7.80. The highest BCUT2D eigenvalue weighted by atomic mass is 16.5. The van der Waals surface area contributed by atoms with Crippen LogP contribution in [0.25, 0.3) is 11.6 Å². The molecule has 0 spiro atoms. The molecule has 2 aromatic rings. The Morgan fingerprint density at radius 1 is 1.04 bits per heavy atom. The molecule has 0 fully saturated rings. The fourth-order valence-corrected chi connectivity index (χ4v) is 2.52. The molecule has 0 aliphatic carbocycles. The fourth-order valence-electron chi connectivity index (χ4n) is 2.52. The molecule has 2 rings (SSSR count). The molecule has 4 heteroatoms. The number of carbonyl (C=O) groups excluding carboxylic acids is 1. The average Bonchev–Trinajstić information content (AvgIpc) is 2.66. The third-order valence-corrected chi connectivity index (χ3v) is 3.87. The summed E-state index contributed by atoms with van der Waals surface area (Å²) in [4.78, 5) is 11.2. The molecule has 4 nitrogen and oxygen atoms in total. The average molecular weight is 352 g/mol. The summed E-state index contributed by atoms with van der Waals surface area (Å²) in [6.07, 6.45) is 3.62. The van der Waals surface area contributed by atoms with Crippen molar-refractivity contribution in [2.75, 3.05) is 7.11 Å². The number of aliphatic hydroxyl groups excluding tert-OH is 2. The molecule has 2 aromatic carbocycles. The van der Waals surface area contributed by atoms with Gasteiger partial charge in [0.1, 0.15) is 0 Å². The molecular formula is C22H24O4.